The van der Waals surface area contributed by atoms with Gasteiger partial charge in [-0.2, -0.15) is 0 Å². The number of rotatable bonds is 1. The van der Waals surface area contributed by atoms with Crippen molar-refractivity contribution >= 4 is 0 Å². The maximum atomic E-state index is 5.73. The van der Waals surface area contributed by atoms with Crippen molar-refractivity contribution in [2.45, 2.75) is 20.3 Å². The molecule has 1 heteroatoms. The molecule has 1 nitrogen and oxygen atoms in total. The number of terminal acetylenes is 1. The largest absolute Gasteiger partial charge is 0.493 e. The molecule has 0 fully saturated rings. The zero-order valence-electron chi connectivity index (χ0n) is 9.29. The minimum Gasteiger partial charge on any atom is -0.493 e. The van der Waals surface area contributed by atoms with E-state index in [1.165, 1.54) is 5.56 Å². The van der Waals surface area contributed by atoms with Crippen LogP contribution in [-0.2, 0) is 6.42 Å². The lowest BCUT2D eigenvalue weighted by atomic mass is 9.76. The summed E-state index contributed by atoms with van der Waals surface area (Å²) in [6, 6.07) is 8.20. The maximum absolute atomic E-state index is 5.73. The molecule has 2 rings (SSSR count). The summed E-state index contributed by atoms with van der Waals surface area (Å²) in [4.78, 5) is 0. The Hall–Kier alpha value is -1.42. The molecule has 78 valence electrons. The minimum absolute atomic E-state index is 0.0898. The highest BCUT2D eigenvalue weighted by molar-refractivity contribution is 5.35. The topological polar surface area (TPSA) is 9.23 Å². The minimum atomic E-state index is -0.0898. The summed E-state index contributed by atoms with van der Waals surface area (Å²) in [5.74, 6) is 4.29. The van der Waals surface area contributed by atoms with E-state index in [4.69, 9.17) is 11.2 Å². The average molecular weight is 200 g/mol. The zero-order chi connectivity index (χ0) is 10.9. The van der Waals surface area contributed by atoms with Crippen LogP contribution in [-0.4, -0.2) is 6.61 Å². The molecule has 1 aromatic rings. The third-order valence-corrected chi connectivity index (χ3v) is 3.27. The van der Waals surface area contributed by atoms with E-state index in [0.29, 0.717) is 5.92 Å². The summed E-state index contributed by atoms with van der Waals surface area (Å²) in [6.45, 7) is 4.94. The van der Waals surface area contributed by atoms with Crippen molar-refractivity contribution in [1.82, 2.24) is 0 Å². The lowest BCUT2D eigenvalue weighted by Crippen LogP contribution is -2.32. The first-order chi connectivity index (χ1) is 7.13. The van der Waals surface area contributed by atoms with Gasteiger partial charge < -0.3 is 4.74 Å². The summed E-state index contributed by atoms with van der Waals surface area (Å²) in [6.07, 6.45) is 6.57. The zero-order valence-corrected chi connectivity index (χ0v) is 9.29. The summed E-state index contributed by atoms with van der Waals surface area (Å²) in [5.41, 5.74) is 1.19. The first-order valence-corrected chi connectivity index (χ1v) is 5.32. The highest BCUT2D eigenvalue weighted by atomic mass is 16.5. The second kappa shape index (κ2) is 3.62. The van der Waals surface area contributed by atoms with Crippen molar-refractivity contribution in [2.75, 3.05) is 6.61 Å². The summed E-state index contributed by atoms with van der Waals surface area (Å²) < 4.78 is 5.73. The molecule has 0 aromatic heterocycles. The molecule has 1 unspecified atom stereocenters. The Balaban J connectivity index is 2.23. The van der Waals surface area contributed by atoms with E-state index in [1.54, 1.807) is 0 Å². The van der Waals surface area contributed by atoms with Gasteiger partial charge in [-0.05, 0) is 31.9 Å². The van der Waals surface area contributed by atoms with Gasteiger partial charge in [0.2, 0.25) is 0 Å². The number of hydrogen-bond donors (Lipinski definition) is 0. The maximum Gasteiger partial charge on any atom is 0.122 e. The van der Waals surface area contributed by atoms with Gasteiger partial charge in [0.05, 0.1) is 6.61 Å². The SMILES string of the molecule is C#CC(C)(C)C1COc2ccccc2C1. The number of fused-ring (bicyclic) bond motifs is 1. The number of para-hydroxylation sites is 1. The van der Waals surface area contributed by atoms with Crippen LogP contribution in [0.5, 0.6) is 5.75 Å². The molecule has 1 aliphatic rings. The van der Waals surface area contributed by atoms with Crippen LogP contribution in [0.1, 0.15) is 19.4 Å². The number of ether oxygens (including phenoxy) is 1. The van der Waals surface area contributed by atoms with Gasteiger partial charge in [0.15, 0.2) is 0 Å². The molecule has 1 heterocycles. The first-order valence-electron chi connectivity index (χ1n) is 5.32. The van der Waals surface area contributed by atoms with Crippen LogP contribution in [0.25, 0.3) is 0 Å². The highest BCUT2D eigenvalue weighted by Gasteiger charge is 2.31. The van der Waals surface area contributed by atoms with E-state index < -0.39 is 0 Å². The molecule has 0 aliphatic carbocycles. The lowest BCUT2D eigenvalue weighted by molar-refractivity contribution is 0.152. The Kier molecular flexibility index (Phi) is 2.44. The Morgan fingerprint density at radius 3 is 2.87 bits per heavy atom. The van der Waals surface area contributed by atoms with Crippen molar-refractivity contribution in [2.24, 2.45) is 11.3 Å². The Bertz CT molecular complexity index is 398. The van der Waals surface area contributed by atoms with Gasteiger partial charge in [-0.1, -0.05) is 18.2 Å². The van der Waals surface area contributed by atoms with E-state index in [1.807, 2.05) is 18.2 Å². The molecule has 1 aromatic carbocycles. The van der Waals surface area contributed by atoms with Crippen molar-refractivity contribution < 1.29 is 4.74 Å². The van der Waals surface area contributed by atoms with Crippen LogP contribution in [0.3, 0.4) is 0 Å². The molecule has 0 radical (unpaired) electrons. The summed E-state index contributed by atoms with van der Waals surface area (Å²) in [5, 5.41) is 0. The molecule has 0 spiro atoms. The van der Waals surface area contributed by atoms with Crippen molar-refractivity contribution in [3.63, 3.8) is 0 Å². The van der Waals surface area contributed by atoms with Crippen LogP contribution in [0.15, 0.2) is 24.3 Å². The van der Waals surface area contributed by atoms with Gasteiger partial charge in [-0.15, -0.1) is 12.3 Å². The third-order valence-electron chi connectivity index (χ3n) is 3.27. The van der Waals surface area contributed by atoms with Gasteiger partial charge in [-0.25, -0.2) is 0 Å². The average Bonchev–Trinajstić information content (AvgIpc) is 2.28. The van der Waals surface area contributed by atoms with Gasteiger partial charge in [0.1, 0.15) is 5.75 Å². The predicted octanol–water partition coefficient (Wildman–Crippen LogP) is 2.90. The van der Waals surface area contributed by atoms with Gasteiger partial charge in [0, 0.05) is 11.3 Å². The number of benzene rings is 1. The molecular weight excluding hydrogens is 184 g/mol. The molecule has 0 amide bonds. The molecule has 15 heavy (non-hydrogen) atoms. The molecule has 1 atom stereocenters. The van der Waals surface area contributed by atoms with Crippen molar-refractivity contribution in [3.8, 4) is 18.1 Å². The summed E-state index contributed by atoms with van der Waals surface area (Å²) in [7, 11) is 0. The van der Waals surface area contributed by atoms with Crippen LogP contribution in [0.4, 0.5) is 0 Å². The fourth-order valence-electron chi connectivity index (χ4n) is 1.91. The van der Waals surface area contributed by atoms with Crippen LogP contribution < -0.4 is 4.74 Å². The standard InChI is InChI=1S/C14H16O/c1-4-14(2,3)12-9-11-7-5-6-8-13(11)15-10-12/h1,5-8,12H,9-10H2,2-3H3. The van der Waals surface area contributed by atoms with Gasteiger partial charge in [0.25, 0.3) is 0 Å². The second-order valence-corrected chi connectivity index (χ2v) is 4.69. The lowest BCUT2D eigenvalue weighted by Gasteiger charge is -2.33. The molecule has 1 aliphatic heterocycles. The fraction of sp³-hybridized carbons (Fsp3) is 0.429. The fourth-order valence-corrected chi connectivity index (χ4v) is 1.91. The van der Waals surface area contributed by atoms with Crippen LogP contribution in [0.2, 0.25) is 0 Å². The first kappa shape index (κ1) is 10.1. The van der Waals surface area contributed by atoms with Crippen LogP contribution >= 0.6 is 0 Å². The normalized spacial score (nSPS) is 19.9. The van der Waals surface area contributed by atoms with E-state index >= 15 is 0 Å². The van der Waals surface area contributed by atoms with E-state index in [0.717, 1.165) is 18.8 Å². The molecule has 0 saturated heterocycles. The molecule has 0 N–H and O–H groups in total. The van der Waals surface area contributed by atoms with Crippen LogP contribution in [0, 0.1) is 23.7 Å². The van der Waals surface area contributed by atoms with Gasteiger partial charge >= 0.3 is 0 Å². The van der Waals surface area contributed by atoms with Gasteiger partial charge in [-0.3, -0.25) is 0 Å². The molecular formula is C14H16O. The highest BCUT2D eigenvalue weighted by Crippen LogP contribution is 2.35. The molecule has 0 saturated carbocycles. The van der Waals surface area contributed by atoms with Crippen molar-refractivity contribution in [3.05, 3.63) is 29.8 Å². The summed E-state index contributed by atoms with van der Waals surface area (Å²) >= 11 is 0. The molecule has 0 bridgehead atoms. The van der Waals surface area contributed by atoms with E-state index in [-0.39, 0.29) is 5.41 Å². The van der Waals surface area contributed by atoms with Crippen molar-refractivity contribution in [1.29, 1.82) is 0 Å². The smallest absolute Gasteiger partial charge is 0.122 e. The third kappa shape index (κ3) is 1.85. The Morgan fingerprint density at radius 1 is 1.40 bits per heavy atom. The Morgan fingerprint density at radius 2 is 2.13 bits per heavy atom. The van der Waals surface area contributed by atoms with E-state index in [2.05, 4.69) is 25.8 Å². The monoisotopic (exact) mass is 200 g/mol. The number of hydrogen-bond acceptors (Lipinski definition) is 1. The van der Waals surface area contributed by atoms with E-state index in [9.17, 15) is 0 Å². The quantitative estimate of drug-likeness (QED) is 0.633. The predicted molar refractivity (Wildman–Crippen MR) is 61.7 cm³/mol. The Labute approximate surface area is 91.5 Å². The second-order valence-electron chi connectivity index (χ2n) is 4.69.